The predicted molar refractivity (Wildman–Crippen MR) is 112 cm³/mol. The van der Waals surface area contributed by atoms with E-state index in [4.69, 9.17) is 0 Å². The average Bonchev–Trinajstić information content (AvgIpc) is 3.25. The number of carbonyl (C=O) groups is 1. The SMILES string of the molecule is O=C(O)c1cn(C2CCCCC2)c2nc(NCCCN3CCCC3)ncc2c1=O. The monoisotopic (exact) mass is 399 g/mol. The number of carboxylic acid groups (broad SMARTS) is 1. The average molecular weight is 399 g/mol. The summed E-state index contributed by atoms with van der Waals surface area (Å²) in [6.45, 7) is 4.20. The van der Waals surface area contributed by atoms with Crippen molar-refractivity contribution < 1.29 is 9.90 Å². The van der Waals surface area contributed by atoms with Gasteiger partial charge in [0, 0.05) is 25.0 Å². The standard InChI is InChI=1S/C21H29N5O3/c27-18-16-13-23-21(22-9-6-12-25-10-4-5-11-25)24-19(16)26(14-17(18)20(28)29)15-7-2-1-3-8-15/h13-15H,1-12H2,(H,28,29)(H,22,23,24). The van der Waals surface area contributed by atoms with E-state index in [1.165, 1.54) is 44.7 Å². The number of anilines is 1. The highest BCUT2D eigenvalue weighted by Crippen LogP contribution is 2.30. The van der Waals surface area contributed by atoms with Crippen LogP contribution < -0.4 is 10.7 Å². The smallest absolute Gasteiger partial charge is 0.341 e. The van der Waals surface area contributed by atoms with Crippen molar-refractivity contribution in [1.29, 1.82) is 0 Å². The van der Waals surface area contributed by atoms with Crippen LogP contribution >= 0.6 is 0 Å². The Morgan fingerprint density at radius 1 is 1.17 bits per heavy atom. The maximum Gasteiger partial charge on any atom is 0.341 e. The minimum absolute atomic E-state index is 0.169. The molecule has 3 heterocycles. The summed E-state index contributed by atoms with van der Waals surface area (Å²) in [6, 6.07) is 0.169. The minimum atomic E-state index is -1.20. The van der Waals surface area contributed by atoms with Crippen molar-refractivity contribution >= 4 is 23.0 Å². The number of fused-ring (bicyclic) bond motifs is 1. The second kappa shape index (κ2) is 8.90. The van der Waals surface area contributed by atoms with Crippen molar-refractivity contribution in [2.45, 2.75) is 57.4 Å². The number of aromatic carboxylic acids is 1. The lowest BCUT2D eigenvalue weighted by Gasteiger charge is -2.26. The van der Waals surface area contributed by atoms with E-state index in [0.29, 0.717) is 11.6 Å². The van der Waals surface area contributed by atoms with Crippen molar-refractivity contribution in [2.75, 3.05) is 31.5 Å². The zero-order chi connectivity index (χ0) is 20.2. The fraction of sp³-hybridized carbons (Fsp3) is 0.619. The van der Waals surface area contributed by atoms with Crippen molar-refractivity contribution in [3.63, 3.8) is 0 Å². The van der Waals surface area contributed by atoms with Crippen LogP contribution in [0, 0.1) is 0 Å². The molecular weight excluding hydrogens is 370 g/mol. The zero-order valence-electron chi connectivity index (χ0n) is 16.8. The normalized spacial score (nSPS) is 18.3. The summed E-state index contributed by atoms with van der Waals surface area (Å²) >= 11 is 0. The third kappa shape index (κ3) is 4.42. The van der Waals surface area contributed by atoms with E-state index in [1.807, 2.05) is 4.57 Å². The molecule has 8 heteroatoms. The Hall–Kier alpha value is -2.48. The van der Waals surface area contributed by atoms with Crippen LogP contribution in [0.15, 0.2) is 17.2 Å². The number of hydrogen-bond acceptors (Lipinski definition) is 6. The number of pyridine rings is 1. The van der Waals surface area contributed by atoms with Crippen molar-refractivity contribution in [3.05, 3.63) is 28.2 Å². The van der Waals surface area contributed by atoms with Gasteiger partial charge >= 0.3 is 5.97 Å². The van der Waals surface area contributed by atoms with Crippen molar-refractivity contribution in [2.24, 2.45) is 0 Å². The fourth-order valence-corrected chi connectivity index (χ4v) is 4.52. The molecule has 2 N–H and O–H groups in total. The molecule has 0 unspecified atom stereocenters. The molecule has 2 aromatic rings. The minimum Gasteiger partial charge on any atom is -0.477 e. The van der Waals surface area contributed by atoms with E-state index >= 15 is 0 Å². The molecular formula is C21H29N5O3. The first-order valence-corrected chi connectivity index (χ1v) is 10.7. The summed E-state index contributed by atoms with van der Waals surface area (Å²) < 4.78 is 1.90. The molecule has 4 rings (SSSR count). The highest BCUT2D eigenvalue weighted by atomic mass is 16.4. The molecule has 1 saturated heterocycles. The predicted octanol–water partition coefficient (Wildman–Crippen LogP) is 2.89. The van der Waals surface area contributed by atoms with Gasteiger partial charge in [0.25, 0.3) is 0 Å². The topological polar surface area (TPSA) is 100 Å². The van der Waals surface area contributed by atoms with E-state index < -0.39 is 11.4 Å². The molecule has 0 spiro atoms. The van der Waals surface area contributed by atoms with Gasteiger partial charge in [0.1, 0.15) is 11.2 Å². The third-order valence-corrected chi connectivity index (χ3v) is 6.10. The van der Waals surface area contributed by atoms with E-state index in [-0.39, 0.29) is 17.0 Å². The lowest BCUT2D eigenvalue weighted by atomic mass is 9.95. The van der Waals surface area contributed by atoms with E-state index in [1.54, 1.807) is 0 Å². The van der Waals surface area contributed by atoms with Crippen molar-refractivity contribution in [3.8, 4) is 0 Å². The van der Waals surface area contributed by atoms with Crippen LogP contribution in [-0.4, -0.2) is 56.7 Å². The molecule has 2 aliphatic rings. The Kier molecular flexibility index (Phi) is 6.08. The summed E-state index contributed by atoms with van der Waals surface area (Å²) in [7, 11) is 0. The number of hydrogen-bond donors (Lipinski definition) is 2. The molecule has 0 bridgehead atoms. The molecule has 2 fully saturated rings. The number of rotatable bonds is 7. The van der Waals surface area contributed by atoms with E-state index in [2.05, 4.69) is 20.2 Å². The Morgan fingerprint density at radius 3 is 2.66 bits per heavy atom. The Morgan fingerprint density at radius 2 is 1.93 bits per heavy atom. The van der Waals surface area contributed by atoms with E-state index in [9.17, 15) is 14.7 Å². The third-order valence-electron chi connectivity index (χ3n) is 6.10. The molecule has 8 nitrogen and oxygen atoms in total. The number of nitrogens with zero attached hydrogens (tertiary/aromatic N) is 4. The number of likely N-dealkylation sites (tertiary alicyclic amines) is 1. The maximum atomic E-state index is 12.6. The summed E-state index contributed by atoms with van der Waals surface area (Å²) in [5.41, 5.74) is -0.193. The largest absolute Gasteiger partial charge is 0.477 e. The fourth-order valence-electron chi connectivity index (χ4n) is 4.52. The summed E-state index contributed by atoms with van der Waals surface area (Å²) in [6.07, 6.45) is 11.9. The lowest BCUT2D eigenvalue weighted by Crippen LogP contribution is -2.24. The van der Waals surface area contributed by atoms with Crippen LogP contribution in [0.5, 0.6) is 0 Å². The summed E-state index contributed by atoms with van der Waals surface area (Å²) in [5.74, 6) is -0.712. The molecule has 0 amide bonds. The second-order valence-electron chi connectivity index (χ2n) is 8.14. The lowest BCUT2D eigenvalue weighted by molar-refractivity contribution is 0.0694. The van der Waals surface area contributed by atoms with Crippen LogP contribution in [0.2, 0.25) is 0 Å². The highest BCUT2D eigenvalue weighted by Gasteiger charge is 2.22. The molecule has 0 radical (unpaired) electrons. The quantitative estimate of drug-likeness (QED) is 0.691. The molecule has 1 aliphatic heterocycles. The van der Waals surface area contributed by atoms with Gasteiger partial charge in [0.15, 0.2) is 0 Å². The van der Waals surface area contributed by atoms with Crippen LogP contribution in [0.4, 0.5) is 5.95 Å². The first-order valence-electron chi connectivity index (χ1n) is 10.7. The zero-order valence-corrected chi connectivity index (χ0v) is 16.8. The van der Waals surface area contributed by atoms with E-state index in [0.717, 1.165) is 45.2 Å². The van der Waals surface area contributed by atoms with Gasteiger partial charge in [-0.2, -0.15) is 4.98 Å². The highest BCUT2D eigenvalue weighted by molar-refractivity contribution is 5.91. The van der Waals surface area contributed by atoms with Crippen LogP contribution in [0.25, 0.3) is 11.0 Å². The van der Waals surface area contributed by atoms with Gasteiger partial charge in [-0.05, 0) is 51.7 Å². The Labute approximate surface area is 170 Å². The summed E-state index contributed by atoms with van der Waals surface area (Å²) in [5, 5.41) is 13.0. The molecule has 156 valence electrons. The van der Waals surface area contributed by atoms with Crippen LogP contribution in [0.3, 0.4) is 0 Å². The van der Waals surface area contributed by atoms with Gasteiger partial charge in [-0.1, -0.05) is 19.3 Å². The van der Waals surface area contributed by atoms with Gasteiger partial charge in [-0.15, -0.1) is 0 Å². The Balaban J connectivity index is 1.58. The maximum absolute atomic E-state index is 12.6. The Bertz CT molecular complexity index is 930. The molecule has 0 atom stereocenters. The molecule has 0 aromatic carbocycles. The number of carboxylic acids is 1. The molecule has 1 saturated carbocycles. The van der Waals surface area contributed by atoms with Crippen molar-refractivity contribution in [1.82, 2.24) is 19.4 Å². The number of nitrogens with one attached hydrogen (secondary N) is 1. The van der Waals surface area contributed by atoms with Gasteiger partial charge < -0.3 is 19.9 Å². The first-order chi connectivity index (χ1) is 14.1. The second-order valence-corrected chi connectivity index (χ2v) is 8.14. The number of aromatic nitrogens is 3. The summed E-state index contributed by atoms with van der Waals surface area (Å²) in [4.78, 5) is 35.6. The van der Waals surface area contributed by atoms with Crippen LogP contribution in [-0.2, 0) is 0 Å². The molecule has 29 heavy (non-hydrogen) atoms. The van der Waals surface area contributed by atoms with Gasteiger partial charge in [-0.3, -0.25) is 4.79 Å². The van der Waals surface area contributed by atoms with Gasteiger partial charge in [0.05, 0.1) is 5.39 Å². The molecule has 2 aromatic heterocycles. The first kappa shape index (κ1) is 19.8. The van der Waals surface area contributed by atoms with Gasteiger partial charge in [0.2, 0.25) is 11.4 Å². The van der Waals surface area contributed by atoms with Gasteiger partial charge in [-0.25, -0.2) is 9.78 Å². The molecule has 1 aliphatic carbocycles. The van der Waals surface area contributed by atoms with Crippen LogP contribution in [0.1, 0.15) is 67.8 Å².